The Morgan fingerprint density at radius 1 is 0.900 bits per heavy atom. The van der Waals surface area contributed by atoms with Crippen molar-refractivity contribution in [1.29, 1.82) is 0 Å². The average molecular weight is 535 g/mol. The fourth-order valence-corrected chi connectivity index (χ4v) is 4.82. The highest BCUT2D eigenvalue weighted by molar-refractivity contribution is 6.46. The highest BCUT2D eigenvalue weighted by Crippen LogP contribution is 2.40. The first-order valence-electron chi connectivity index (χ1n) is 13.1. The molecule has 2 heterocycles. The molecule has 3 aromatic carbocycles. The summed E-state index contributed by atoms with van der Waals surface area (Å²) in [6.45, 7) is 5.02. The molecule has 202 valence electrons. The van der Waals surface area contributed by atoms with E-state index in [2.05, 4.69) is 11.1 Å². The van der Waals surface area contributed by atoms with Crippen molar-refractivity contribution in [3.63, 3.8) is 0 Å². The van der Waals surface area contributed by atoms with E-state index >= 15 is 0 Å². The number of hydrogen-bond donors (Lipinski definition) is 1. The van der Waals surface area contributed by atoms with Gasteiger partial charge in [-0.15, -0.1) is 0 Å². The number of nitrogens with zero attached hydrogens (tertiary/aromatic N) is 2. The Kier molecular flexibility index (Phi) is 7.92. The Morgan fingerprint density at radius 2 is 1.60 bits per heavy atom. The zero-order valence-corrected chi connectivity index (χ0v) is 22.4. The van der Waals surface area contributed by atoms with Gasteiger partial charge >= 0.3 is 0 Å². The largest absolute Gasteiger partial charge is 0.507 e. The fourth-order valence-electron chi connectivity index (χ4n) is 4.82. The van der Waals surface area contributed by atoms with Gasteiger partial charge in [0.25, 0.3) is 11.7 Å². The number of aliphatic hydroxyl groups is 1. The molecule has 1 saturated heterocycles. The van der Waals surface area contributed by atoms with Gasteiger partial charge in [-0.1, -0.05) is 48.0 Å². The summed E-state index contributed by atoms with van der Waals surface area (Å²) in [5, 5.41) is 11.4. The minimum Gasteiger partial charge on any atom is -0.507 e. The number of ketones is 1. The molecular weight excluding hydrogens is 504 g/mol. The minimum absolute atomic E-state index is 0.0338. The molecule has 7 heteroatoms. The van der Waals surface area contributed by atoms with Crippen molar-refractivity contribution < 1.29 is 24.2 Å². The standard InChI is InChI=1S/C33H30N2O5/c1-3-39-27-13-9-25(10-14-27)30-29(32(37)33(38)35(30)20-24-8-5-17-34-19-24)31(36)26-11-15-28(16-12-26)40-21-23-7-4-6-22(2)18-23/h4-19,30,36H,3,20-21H2,1-2H3/b31-29-. The lowest BCUT2D eigenvalue weighted by Crippen LogP contribution is -2.29. The monoisotopic (exact) mass is 534 g/mol. The summed E-state index contributed by atoms with van der Waals surface area (Å²) >= 11 is 0. The third-order valence-electron chi connectivity index (χ3n) is 6.74. The molecule has 7 nitrogen and oxygen atoms in total. The average Bonchev–Trinajstić information content (AvgIpc) is 3.22. The van der Waals surface area contributed by atoms with Gasteiger partial charge in [0.05, 0.1) is 18.2 Å². The van der Waals surface area contributed by atoms with E-state index in [9.17, 15) is 14.7 Å². The van der Waals surface area contributed by atoms with E-state index in [4.69, 9.17) is 9.47 Å². The van der Waals surface area contributed by atoms with Crippen molar-refractivity contribution >= 4 is 17.4 Å². The van der Waals surface area contributed by atoms with E-state index in [1.165, 1.54) is 4.90 Å². The highest BCUT2D eigenvalue weighted by atomic mass is 16.5. The Balaban J connectivity index is 1.47. The van der Waals surface area contributed by atoms with E-state index in [0.29, 0.717) is 35.8 Å². The van der Waals surface area contributed by atoms with Crippen LogP contribution >= 0.6 is 0 Å². The van der Waals surface area contributed by atoms with Crippen molar-refractivity contribution in [2.75, 3.05) is 6.61 Å². The summed E-state index contributed by atoms with van der Waals surface area (Å²) in [5.41, 5.74) is 4.12. The normalized spacial score (nSPS) is 16.2. The zero-order chi connectivity index (χ0) is 28.1. The third kappa shape index (κ3) is 5.73. The lowest BCUT2D eigenvalue weighted by atomic mass is 9.95. The molecule has 0 aliphatic carbocycles. The van der Waals surface area contributed by atoms with E-state index < -0.39 is 17.7 Å². The van der Waals surface area contributed by atoms with Crippen molar-refractivity contribution in [3.05, 3.63) is 131 Å². The second-order valence-corrected chi connectivity index (χ2v) is 9.59. The van der Waals surface area contributed by atoms with Crippen LogP contribution in [0, 0.1) is 6.92 Å². The van der Waals surface area contributed by atoms with E-state index in [-0.39, 0.29) is 17.9 Å². The molecule has 4 aromatic rings. The second kappa shape index (κ2) is 11.9. The predicted octanol–water partition coefficient (Wildman–Crippen LogP) is 5.99. The first-order valence-corrected chi connectivity index (χ1v) is 13.1. The zero-order valence-electron chi connectivity index (χ0n) is 22.4. The van der Waals surface area contributed by atoms with Crippen LogP contribution in [0.5, 0.6) is 11.5 Å². The molecule has 1 amide bonds. The van der Waals surface area contributed by atoms with Crippen LogP contribution in [-0.4, -0.2) is 33.3 Å². The van der Waals surface area contributed by atoms with Gasteiger partial charge < -0.3 is 19.5 Å². The van der Waals surface area contributed by atoms with Gasteiger partial charge in [0.1, 0.15) is 23.9 Å². The van der Waals surface area contributed by atoms with Gasteiger partial charge in [-0.3, -0.25) is 14.6 Å². The summed E-state index contributed by atoms with van der Waals surface area (Å²) in [6.07, 6.45) is 3.31. The number of aliphatic hydroxyl groups excluding tert-OH is 1. The number of rotatable bonds is 9. The molecule has 0 spiro atoms. The van der Waals surface area contributed by atoms with Crippen LogP contribution in [0.15, 0.2) is 103 Å². The van der Waals surface area contributed by atoms with E-state index in [1.54, 1.807) is 54.9 Å². The number of aryl methyl sites for hydroxylation is 1. The topological polar surface area (TPSA) is 89.0 Å². The molecule has 40 heavy (non-hydrogen) atoms. The van der Waals surface area contributed by atoms with Crippen molar-refractivity contribution in [3.8, 4) is 11.5 Å². The maximum absolute atomic E-state index is 13.4. The molecule has 1 aliphatic rings. The van der Waals surface area contributed by atoms with Gasteiger partial charge in [0.15, 0.2) is 0 Å². The fraction of sp³-hybridized carbons (Fsp3) is 0.182. The predicted molar refractivity (Wildman–Crippen MR) is 152 cm³/mol. The van der Waals surface area contributed by atoms with Crippen molar-refractivity contribution in [2.24, 2.45) is 0 Å². The molecule has 1 N–H and O–H groups in total. The molecular formula is C33H30N2O5. The summed E-state index contributed by atoms with van der Waals surface area (Å²) in [5.74, 6) is -0.353. The number of carbonyl (C=O) groups excluding carboxylic acids is 2. The number of Topliss-reactive ketones (excluding diaryl/α,β-unsaturated/α-hetero) is 1. The number of pyridine rings is 1. The minimum atomic E-state index is -0.784. The summed E-state index contributed by atoms with van der Waals surface area (Å²) in [7, 11) is 0. The van der Waals surface area contributed by atoms with Crippen LogP contribution in [0.2, 0.25) is 0 Å². The molecule has 1 atom stereocenters. The maximum Gasteiger partial charge on any atom is 0.295 e. The van der Waals surface area contributed by atoms with Gasteiger partial charge in [-0.2, -0.15) is 0 Å². The quantitative estimate of drug-likeness (QED) is 0.161. The Hall–Kier alpha value is -4.91. The number of amides is 1. The van der Waals surface area contributed by atoms with Crippen LogP contribution in [-0.2, 0) is 22.7 Å². The second-order valence-electron chi connectivity index (χ2n) is 9.59. The summed E-state index contributed by atoms with van der Waals surface area (Å²) in [6, 6.07) is 25.0. The third-order valence-corrected chi connectivity index (χ3v) is 6.74. The van der Waals surface area contributed by atoms with E-state index in [0.717, 1.165) is 16.7 Å². The van der Waals surface area contributed by atoms with Gasteiger partial charge in [0, 0.05) is 24.5 Å². The Morgan fingerprint density at radius 3 is 2.27 bits per heavy atom. The summed E-state index contributed by atoms with van der Waals surface area (Å²) in [4.78, 5) is 32.2. The Bertz CT molecular complexity index is 1530. The molecule has 0 radical (unpaired) electrons. The van der Waals surface area contributed by atoms with Gasteiger partial charge in [-0.05, 0) is 73.0 Å². The SMILES string of the molecule is CCOc1ccc(C2/C(=C(/O)c3ccc(OCc4cccc(C)c4)cc3)C(=O)C(=O)N2Cc2cccnc2)cc1. The number of aromatic nitrogens is 1. The van der Waals surface area contributed by atoms with Gasteiger partial charge in [0.2, 0.25) is 0 Å². The van der Waals surface area contributed by atoms with Gasteiger partial charge in [-0.25, -0.2) is 0 Å². The number of carbonyl (C=O) groups is 2. The molecule has 1 aliphatic heterocycles. The number of hydrogen-bond acceptors (Lipinski definition) is 6. The van der Waals surface area contributed by atoms with Crippen LogP contribution < -0.4 is 9.47 Å². The first-order chi connectivity index (χ1) is 19.4. The lowest BCUT2D eigenvalue weighted by molar-refractivity contribution is -0.140. The summed E-state index contributed by atoms with van der Waals surface area (Å²) < 4.78 is 11.5. The number of ether oxygens (including phenoxy) is 2. The highest BCUT2D eigenvalue weighted by Gasteiger charge is 2.46. The maximum atomic E-state index is 13.4. The Labute approximate surface area is 233 Å². The number of benzene rings is 3. The van der Waals surface area contributed by atoms with E-state index in [1.807, 2.05) is 50.2 Å². The van der Waals surface area contributed by atoms with Crippen molar-refractivity contribution in [1.82, 2.24) is 9.88 Å². The molecule has 1 fully saturated rings. The molecule has 5 rings (SSSR count). The number of likely N-dealkylation sites (tertiary alicyclic amines) is 1. The smallest absolute Gasteiger partial charge is 0.295 e. The van der Waals surface area contributed by atoms with Crippen molar-refractivity contribution in [2.45, 2.75) is 33.0 Å². The molecule has 0 saturated carbocycles. The first kappa shape index (κ1) is 26.7. The van der Waals surface area contributed by atoms with Crippen LogP contribution in [0.4, 0.5) is 0 Å². The van der Waals surface area contributed by atoms with Crippen LogP contribution in [0.1, 0.15) is 40.8 Å². The lowest BCUT2D eigenvalue weighted by Gasteiger charge is -2.25. The molecule has 1 unspecified atom stereocenters. The molecule has 1 aromatic heterocycles. The van der Waals surface area contributed by atoms with Crippen LogP contribution in [0.3, 0.4) is 0 Å². The molecule has 0 bridgehead atoms. The van der Waals surface area contributed by atoms with Crippen LogP contribution in [0.25, 0.3) is 5.76 Å².